The van der Waals surface area contributed by atoms with Crippen LogP contribution in [0.4, 0.5) is 0 Å². The highest BCUT2D eigenvalue weighted by Crippen LogP contribution is 2.60. The maximum Gasteiger partial charge on any atom is 0.0656 e. The summed E-state index contributed by atoms with van der Waals surface area (Å²) < 4.78 is 0. The second-order valence-corrected chi connectivity index (χ2v) is 11.4. The van der Waals surface area contributed by atoms with E-state index in [2.05, 4.69) is 25.7 Å². The normalized spacial score (nSPS) is 55.2. The van der Waals surface area contributed by atoms with Crippen molar-refractivity contribution in [1.82, 2.24) is 4.90 Å². The predicted molar refractivity (Wildman–Crippen MR) is 97.7 cm³/mol. The number of fused-ring (bicyclic) bond motifs is 2. The van der Waals surface area contributed by atoms with E-state index in [9.17, 15) is 5.11 Å². The van der Waals surface area contributed by atoms with Crippen molar-refractivity contribution in [3.05, 3.63) is 0 Å². The minimum atomic E-state index is -0.255. The third-order valence-electron chi connectivity index (χ3n) is 9.89. The van der Waals surface area contributed by atoms with Crippen LogP contribution in [0.15, 0.2) is 0 Å². The maximum absolute atomic E-state index is 10.8. The van der Waals surface area contributed by atoms with Crippen molar-refractivity contribution in [1.29, 1.82) is 0 Å². The number of aliphatic hydroxyl groups is 1. The highest BCUT2D eigenvalue weighted by atomic mass is 16.3. The van der Waals surface area contributed by atoms with Crippen molar-refractivity contribution < 1.29 is 5.11 Å². The number of nitrogens with zero attached hydrogens (tertiary/aromatic N) is 1. The lowest BCUT2D eigenvalue weighted by atomic mass is 9.49. The molecule has 0 aromatic heterocycles. The van der Waals surface area contributed by atoms with Crippen molar-refractivity contribution >= 4 is 0 Å². The van der Waals surface area contributed by atoms with Gasteiger partial charge in [0, 0.05) is 13.1 Å². The number of rotatable bonds is 3. The zero-order valence-electron chi connectivity index (χ0n) is 16.1. The molecular weight excluding hydrogens is 294 g/mol. The van der Waals surface area contributed by atoms with E-state index in [0.717, 1.165) is 48.9 Å². The fourth-order valence-corrected chi connectivity index (χ4v) is 8.20. The molecule has 6 rings (SSSR count). The summed E-state index contributed by atoms with van der Waals surface area (Å²) in [5, 5.41) is 10.8. The van der Waals surface area contributed by atoms with E-state index in [-0.39, 0.29) is 5.60 Å². The molecule has 1 saturated heterocycles. The molecule has 136 valence electrons. The summed E-state index contributed by atoms with van der Waals surface area (Å²) in [7, 11) is 0. The van der Waals surface area contributed by atoms with Crippen molar-refractivity contribution in [3.8, 4) is 0 Å². The number of hydrogen-bond acceptors (Lipinski definition) is 2. The van der Waals surface area contributed by atoms with Gasteiger partial charge in [0.25, 0.3) is 0 Å². The molecule has 6 aliphatic rings. The molecule has 2 unspecified atom stereocenters. The summed E-state index contributed by atoms with van der Waals surface area (Å²) in [5.41, 5.74) is 0.819. The Morgan fingerprint density at radius 3 is 2.38 bits per heavy atom. The summed E-state index contributed by atoms with van der Waals surface area (Å²) in [6, 6.07) is 0. The van der Waals surface area contributed by atoms with Crippen LogP contribution >= 0.6 is 0 Å². The van der Waals surface area contributed by atoms with Gasteiger partial charge in [0.15, 0.2) is 0 Å². The minimum absolute atomic E-state index is 0.255. The first-order chi connectivity index (χ1) is 11.3. The molecule has 0 aromatic carbocycles. The van der Waals surface area contributed by atoms with Gasteiger partial charge in [-0.3, -0.25) is 0 Å². The van der Waals surface area contributed by atoms with Gasteiger partial charge in [0.05, 0.1) is 5.60 Å². The average Bonchev–Trinajstić information content (AvgIpc) is 2.61. The monoisotopic (exact) mass is 331 g/mol. The molecule has 1 heterocycles. The first kappa shape index (κ1) is 16.1. The second-order valence-electron chi connectivity index (χ2n) is 11.4. The molecule has 4 atom stereocenters. The van der Waals surface area contributed by atoms with E-state index in [4.69, 9.17) is 0 Å². The third-order valence-corrected chi connectivity index (χ3v) is 9.89. The molecule has 0 radical (unpaired) electrons. The first-order valence-corrected chi connectivity index (χ1v) is 10.7. The third kappa shape index (κ3) is 2.21. The van der Waals surface area contributed by atoms with Crippen LogP contribution in [0, 0.1) is 40.4 Å². The molecule has 0 aromatic rings. The standard InChI is InChI=1S/C22H37NO/c1-20(2)18-4-6-21(20,3)14-23(13-18)7-5-19-16-8-15-9-17(19)12-22(24,10-15)11-16/h15-19,24H,4-14H2,1-3H3/t15?,16?,17?,18-,19?,21-,22?/m0/s1. The Hall–Kier alpha value is -0.0800. The van der Waals surface area contributed by atoms with Gasteiger partial charge >= 0.3 is 0 Å². The molecule has 2 nitrogen and oxygen atoms in total. The number of likely N-dealkylation sites (tertiary alicyclic amines) is 1. The second kappa shape index (κ2) is 5.00. The van der Waals surface area contributed by atoms with E-state index in [1.54, 1.807) is 0 Å². The lowest BCUT2D eigenvalue weighted by molar-refractivity contribution is -0.154. The van der Waals surface area contributed by atoms with Crippen LogP contribution in [0.2, 0.25) is 0 Å². The Balaban J connectivity index is 1.24. The quantitative estimate of drug-likeness (QED) is 0.832. The van der Waals surface area contributed by atoms with Crippen molar-refractivity contribution in [3.63, 3.8) is 0 Å². The zero-order valence-corrected chi connectivity index (χ0v) is 16.1. The summed E-state index contributed by atoms with van der Waals surface area (Å²) in [6.45, 7) is 11.6. The predicted octanol–water partition coefficient (Wildman–Crippen LogP) is 4.32. The van der Waals surface area contributed by atoms with E-state index < -0.39 is 0 Å². The highest BCUT2D eigenvalue weighted by Gasteiger charge is 2.56. The Labute approximate surface area is 148 Å². The van der Waals surface area contributed by atoms with Gasteiger partial charge in [0.2, 0.25) is 0 Å². The Morgan fingerprint density at radius 2 is 1.75 bits per heavy atom. The smallest absolute Gasteiger partial charge is 0.0656 e. The molecule has 5 saturated carbocycles. The van der Waals surface area contributed by atoms with Gasteiger partial charge in [0.1, 0.15) is 0 Å². The molecular formula is C22H37NO. The van der Waals surface area contributed by atoms with Gasteiger partial charge in [-0.1, -0.05) is 20.8 Å². The van der Waals surface area contributed by atoms with Crippen LogP contribution in [-0.4, -0.2) is 35.2 Å². The summed E-state index contributed by atoms with van der Waals surface area (Å²) in [5.74, 6) is 4.37. The molecule has 0 amide bonds. The maximum atomic E-state index is 10.8. The zero-order chi connectivity index (χ0) is 16.7. The topological polar surface area (TPSA) is 23.5 Å². The fourth-order valence-electron chi connectivity index (χ4n) is 8.20. The van der Waals surface area contributed by atoms with Crippen LogP contribution in [-0.2, 0) is 0 Å². The van der Waals surface area contributed by atoms with E-state index >= 15 is 0 Å². The lowest BCUT2D eigenvalue weighted by Crippen LogP contribution is -2.56. The van der Waals surface area contributed by atoms with Gasteiger partial charge in [-0.2, -0.15) is 0 Å². The van der Waals surface area contributed by atoms with Gasteiger partial charge in [-0.15, -0.1) is 0 Å². The Kier molecular flexibility index (Phi) is 3.36. The summed E-state index contributed by atoms with van der Waals surface area (Å²) in [4.78, 5) is 2.82. The summed E-state index contributed by atoms with van der Waals surface area (Å²) in [6.07, 6.45) is 10.5. The van der Waals surface area contributed by atoms with Crippen LogP contribution in [0.5, 0.6) is 0 Å². The van der Waals surface area contributed by atoms with Crippen LogP contribution < -0.4 is 0 Å². The minimum Gasteiger partial charge on any atom is -0.390 e. The van der Waals surface area contributed by atoms with E-state index in [0.29, 0.717) is 10.8 Å². The Morgan fingerprint density at radius 1 is 1.04 bits per heavy atom. The molecule has 5 aliphatic carbocycles. The van der Waals surface area contributed by atoms with Crippen molar-refractivity contribution in [2.24, 2.45) is 40.4 Å². The number of piperidine rings is 1. The highest BCUT2D eigenvalue weighted by molar-refractivity contribution is 5.07. The molecule has 1 aliphatic heterocycles. The van der Waals surface area contributed by atoms with Crippen molar-refractivity contribution in [2.45, 2.75) is 77.7 Å². The molecule has 24 heavy (non-hydrogen) atoms. The van der Waals surface area contributed by atoms with Gasteiger partial charge < -0.3 is 10.0 Å². The molecule has 1 N–H and O–H groups in total. The SMILES string of the molecule is CC1(C)[C@H]2CC[C@@]1(C)CN(CCC1C3CC4CC1CC(O)(C4)C3)C2. The van der Waals surface area contributed by atoms with E-state index in [1.807, 2.05) is 0 Å². The molecule has 0 spiro atoms. The molecule has 6 bridgehead atoms. The fraction of sp³-hybridized carbons (Fsp3) is 1.00. The molecule has 6 fully saturated rings. The average molecular weight is 332 g/mol. The van der Waals surface area contributed by atoms with Crippen molar-refractivity contribution in [2.75, 3.05) is 19.6 Å². The number of hydrogen-bond donors (Lipinski definition) is 1. The van der Waals surface area contributed by atoms with Gasteiger partial charge in [-0.25, -0.2) is 0 Å². The largest absolute Gasteiger partial charge is 0.390 e. The Bertz CT molecular complexity index is 512. The van der Waals surface area contributed by atoms with Crippen LogP contribution in [0.3, 0.4) is 0 Å². The van der Waals surface area contributed by atoms with Crippen LogP contribution in [0.25, 0.3) is 0 Å². The van der Waals surface area contributed by atoms with Crippen LogP contribution in [0.1, 0.15) is 72.1 Å². The first-order valence-electron chi connectivity index (χ1n) is 10.7. The van der Waals surface area contributed by atoms with Gasteiger partial charge in [-0.05, 0) is 98.3 Å². The van der Waals surface area contributed by atoms with E-state index in [1.165, 1.54) is 51.7 Å². The lowest BCUT2D eigenvalue weighted by Gasteiger charge is -2.58. The molecule has 2 heteroatoms. The summed E-state index contributed by atoms with van der Waals surface area (Å²) >= 11 is 0.